The third-order valence-corrected chi connectivity index (χ3v) is 9.41. The molecule has 13 nitrogen and oxygen atoms in total. The lowest BCUT2D eigenvalue weighted by Gasteiger charge is -2.46. The number of hydrogen-bond donors (Lipinski definition) is 4. The van der Waals surface area contributed by atoms with E-state index in [1.54, 1.807) is 19.1 Å². The summed E-state index contributed by atoms with van der Waals surface area (Å²) >= 11 is 1.39. The van der Waals surface area contributed by atoms with Gasteiger partial charge in [0.05, 0.1) is 34.6 Å². The molecule has 226 valence electrons. The highest BCUT2D eigenvalue weighted by Gasteiger charge is 2.60. The minimum Gasteiger partial charge on any atom is -0.478 e. The van der Waals surface area contributed by atoms with E-state index in [2.05, 4.69) is 10.6 Å². The second-order valence-corrected chi connectivity index (χ2v) is 12.1. The van der Waals surface area contributed by atoms with Gasteiger partial charge in [-0.05, 0) is 49.2 Å². The molecule has 2 amide bonds. The molecule has 0 radical (unpaired) electrons. The number of carboxylic acid groups (broad SMARTS) is 1. The Morgan fingerprint density at radius 3 is 2.60 bits per heavy atom. The van der Waals surface area contributed by atoms with Crippen LogP contribution in [0.15, 0.2) is 59.1 Å². The molecule has 0 saturated carbocycles. The molecule has 0 aliphatic carbocycles. The fourth-order valence-corrected chi connectivity index (χ4v) is 7.21. The normalized spacial score (nSPS) is 25.1. The number of carbonyl (C=O) groups is 4. The first-order valence-corrected chi connectivity index (χ1v) is 14.5. The zero-order valence-electron chi connectivity index (χ0n) is 23.3. The lowest BCUT2D eigenvalue weighted by molar-refractivity contribution is -0.384. The Morgan fingerprint density at radius 2 is 1.95 bits per heavy atom. The summed E-state index contributed by atoms with van der Waals surface area (Å²) in [5.41, 5.74) is 0.973. The molecule has 3 aliphatic rings. The maximum absolute atomic E-state index is 13.4. The number of fused-ring (bicyclic) bond motifs is 1. The van der Waals surface area contributed by atoms with E-state index < -0.39 is 41.0 Å². The lowest BCUT2D eigenvalue weighted by atomic mass is 9.79. The first kappa shape index (κ1) is 30.2. The van der Waals surface area contributed by atoms with Crippen molar-refractivity contribution < 1.29 is 39.1 Å². The summed E-state index contributed by atoms with van der Waals surface area (Å²) in [6.45, 7) is 3.72. The Hall–Kier alpha value is -4.27. The number of nitrogens with zero attached hydrogens (tertiary/aromatic N) is 2. The van der Waals surface area contributed by atoms with E-state index in [4.69, 9.17) is 4.74 Å². The topological polar surface area (TPSA) is 188 Å². The zero-order valence-corrected chi connectivity index (χ0v) is 24.1. The fourth-order valence-electron chi connectivity index (χ4n) is 5.73. The number of esters is 1. The number of benzene rings is 2. The van der Waals surface area contributed by atoms with Gasteiger partial charge in [-0.3, -0.25) is 19.7 Å². The van der Waals surface area contributed by atoms with E-state index in [1.807, 2.05) is 6.92 Å². The Balaban J connectivity index is 1.29. The number of rotatable bonds is 10. The van der Waals surface area contributed by atoms with Gasteiger partial charge in [-0.2, -0.15) is 0 Å². The van der Waals surface area contributed by atoms with Crippen LogP contribution in [0, 0.1) is 22.0 Å². The van der Waals surface area contributed by atoms with Crippen LogP contribution >= 0.6 is 11.8 Å². The van der Waals surface area contributed by atoms with Crippen LogP contribution in [0.2, 0.25) is 0 Å². The smallest absolute Gasteiger partial charge is 0.356 e. The van der Waals surface area contributed by atoms with Crippen LogP contribution in [-0.2, 0) is 25.7 Å². The Labute approximate surface area is 250 Å². The molecular formula is C29H30N4O9S. The number of aliphatic hydroxyl groups excluding tert-OH is 1. The van der Waals surface area contributed by atoms with Crippen LogP contribution in [0.5, 0.6) is 0 Å². The lowest BCUT2D eigenvalue weighted by Crippen LogP contribution is -2.63. The minimum absolute atomic E-state index is 0.0513. The number of ether oxygens (including phenoxy) is 1. The average Bonchev–Trinajstić information content (AvgIpc) is 3.53. The first-order chi connectivity index (χ1) is 20.5. The van der Waals surface area contributed by atoms with Crippen molar-refractivity contribution in [1.29, 1.82) is 0 Å². The van der Waals surface area contributed by atoms with Crippen LogP contribution in [0.25, 0.3) is 0 Å². The van der Waals surface area contributed by atoms with Crippen molar-refractivity contribution in [3.8, 4) is 0 Å². The van der Waals surface area contributed by atoms with Gasteiger partial charge in [0.15, 0.2) is 0 Å². The number of carbonyl (C=O) groups excluding carboxylic acids is 3. The van der Waals surface area contributed by atoms with Gasteiger partial charge in [-0.1, -0.05) is 13.0 Å². The summed E-state index contributed by atoms with van der Waals surface area (Å²) in [6, 6.07) is 10.6. The molecule has 2 aromatic carbocycles. The predicted molar refractivity (Wildman–Crippen MR) is 155 cm³/mol. The van der Waals surface area contributed by atoms with E-state index >= 15 is 0 Å². The Morgan fingerprint density at radius 1 is 1.23 bits per heavy atom. The highest BCUT2D eigenvalue weighted by Crippen LogP contribution is 2.52. The number of nitro groups is 1. The molecule has 2 aromatic rings. The van der Waals surface area contributed by atoms with Crippen molar-refractivity contribution in [2.45, 2.75) is 50.3 Å². The molecule has 2 fully saturated rings. The number of β-lactam (4-membered cyclic amide) rings is 1. The van der Waals surface area contributed by atoms with Crippen LogP contribution in [0.4, 0.5) is 11.4 Å². The van der Waals surface area contributed by atoms with Crippen molar-refractivity contribution in [1.82, 2.24) is 10.2 Å². The van der Waals surface area contributed by atoms with E-state index in [0.29, 0.717) is 29.1 Å². The largest absolute Gasteiger partial charge is 0.478 e. The molecule has 0 unspecified atom stereocenters. The van der Waals surface area contributed by atoms with Crippen LogP contribution in [-0.4, -0.2) is 73.8 Å². The number of hydrogen-bond acceptors (Lipinski definition) is 10. The highest BCUT2D eigenvalue weighted by molar-refractivity contribution is 8.03. The number of carboxylic acids is 1. The molecule has 6 atom stereocenters. The molecule has 0 bridgehead atoms. The molecule has 0 aromatic heterocycles. The summed E-state index contributed by atoms with van der Waals surface area (Å²) in [5.74, 6) is -3.44. The second kappa shape index (κ2) is 12.1. The minimum atomic E-state index is -1.10. The number of aliphatic hydroxyl groups is 1. The average molecular weight is 611 g/mol. The van der Waals surface area contributed by atoms with Gasteiger partial charge in [0, 0.05) is 40.4 Å². The highest BCUT2D eigenvalue weighted by atomic mass is 32.2. The molecule has 14 heteroatoms. The van der Waals surface area contributed by atoms with Crippen molar-refractivity contribution in [2.75, 3.05) is 11.9 Å². The molecule has 43 heavy (non-hydrogen) atoms. The van der Waals surface area contributed by atoms with Crippen molar-refractivity contribution >= 4 is 46.9 Å². The Bertz CT molecular complexity index is 1510. The molecule has 4 N–H and O–H groups in total. The number of non-ortho nitro benzene ring substituents is 1. The van der Waals surface area contributed by atoms with Gasteiger partial charge in [0.2, 0.25) is 11.8 Å². The fraction of sp³-hybridized carbons (Fsp3) is 0.379. The SMILES string of the molecule is C[C@@H](O)[C@H]1C(=O)N2C(C(=O)OCc3ccc([N+](=O)[O-])cc3)=C(S[C@@H]3CN[C@H](C(=O)Nc4cccc(C(=O)O)c4)C3)[C@H](C)[C@H]12. The molecule has 3 aliphatic heterocycles. The van der Waals surface area contributed by atoms with Gasteiger partial charge >= 0.3 is 11.9 Å². The molecule has 0 spiro atoms. The van der Waals surface area contributed by atoms with Crippen LogP contribution < -0.4 is 10.6 Å². The summed E-state index contributed by atoms with van der Waals surface area (Å²) in [7, 11) is 0. The number of nitrogens with one attached hydrogen (secondary N) is 2. The number of nitro benzene ring substituents is 1. The van der Waals surface area contributed by atoms with Crippen molar-refractivity contribution in [2.24, 2.45) is 11.8 Å². The standard InChI is InChI=1S/C29H30N4O9S/c1-14-23-22(15(2)34)27(36)32(23)24(29(39)42-13-16-6-8-19(9-7-16)33(40)41)25(14)43-20-11-21(30-12-20)26(35)31-18-5-3-4-17(10-18)28(37)38/h3-10,14-15,20-23,30,34H,11-13H2,1-2H3,(H,31,35)(H,37,38)/t14-,15-,20+,21+,22-,23-/m1/s1. The molecular weight excluding hydrogens is 580 g/mol. The maximum Gasteiger partial charge on any atom is 0.356 e. The van der Waals surface area contributed by atoms with Gasteiger partial charge in [0.25, 0.3) is 5.69 Å². The van der Waals surface area contributed by atoms with E-state index in [-0.39, 0.29) is 46.5 Å². The zero-order chi connectivity index (χ0) is 31.0. The quantitative estimate of drug-likeness (QED) is 0.134. The van der Waals surface area contributed by atoms with E-state index in [9.17, 15) is 39.5 Å². The molecule has 3 heterocycles. The molecule has 2 saturated heterocycles. The monoisotopic (exact) mass is 610 g/mol. The third kappa shape index (κ3) is 5.98. The summed E-state index contributed by atoms with van der Waals surface area (Å²) in [5, 5.41) is 36.2. The van der Waals surface area contributed by atoms with Gasteiger partial charge in [-0.25, -0.2) is 9.59 Å². The Kier molecular flexibility index (Phi) is 8.53. The number of anilines is 1. The summed E-state index contributed by atoms with van der Waals surface area (Å²) < 4.78 is 5.55. The number of thioether (sulfide) groups is 1. The number of aromatic carboxylic acids is 1. The summed E-state index contributed by atoms with van der Waals surface area (Å²) in [4.78, 5) is 63.1. The van der Waals surface area contributed by atoms with E-state index in [0.717, 1.165) is 0 Å². The molecule has 5 rings (SSSR count). The van der Waals surface area contributed by atoms with Crippen molar-refractivity contribution in [3.05, 3.63) is 80.4 Å². The van der Waals surface area contributed by atoms with Crippen LogP contribution in [0.3, 0.4) is 0 Å². The second-order valence-electron chi connectivity index (χ2n) is 10.8. The maximum atomic E-state index is 13.4. The van der Waals surface area contributed by atoms with Crippen molar-refractivity contribution in [3.63, 3.8) is 0 Å². The summed E-state index contributed by atoms with van der Waals surface area (Å²) in [6.07, 6.45) is -0.492. The third-order valence-electron chi connectivity index (χ3n) is 7.90. The van der Waals surface area contributed by atoms with Gasteiger partial charge in [0.1, 0.15) is 12.3 Å². The van der Waals surface area contributed by atoms with Gasteiger partial charge in [-0.15, -0.1) is 11.8 Å². The number of amides is 2. The first-order valence-electron chi connectivity index (χ1n) is 13.7. The van der Waals surface area contributed by atoms with Gasteiger partial charge < -0.3 is 30.5 Å². The van der Waals surface area contributed by atoms with E-state index in [1.165, 1.54) is 53.1 Å². The van der Waals surface area contributed by atoms with Crippen LogP contribution in [0.1, 0.15) is 36.2 Å². The predicted octanol–water partition coefficient (Wildman–Crippen LogP) is 2.51.